The fraction of sp³-hybridized carbons (Fsp3) is 0.667. The highest BCUT2D eigenvalue weighted by Crippen LogP contribution is 2.18. The summed E-state index contributed by atoms with van der Waals surface area (Å²) >= 11 is 0. The van der Waals surface area contributed by atoms with Crippen molar-refractivity contribution in [3.8, 4) is 0 Å². The summed E-state index contributed by atoms with van der Waals surface area (Å²) in [4.78, 5) is 9.41. The molecule has 0 amide bonds. The Morgan fingerprint density at radius 1 is 1.19 bits per heavy atom. The maximum Gasteiger partial charge on any atom is 0.193 e. The lowest BCUT2D eigenvalue weighted by atomic mass is 10.00. The van der Waals surface area contributed by atoms with Crippen LogP contribution in [0.5, 0.6) is 0 Å². The summed E-state index contributed by atoms with van der Waals surface area (Å²) in [6.45, 7) is 9.36. The Bertz CT molecular complexity index is 587. The van der Waals surface area contributed by atoms with Crippen LogP contribution in [0.15, 0.2) is 29.3 Å². The van der Waals surface area contributed by atoms with E-state index in [9.17, 15) is 0 Å². The van der Waals surface area contributed by atoms with Gasteiger partial charge in [-0.1, -0.05) is 24.3 Å². The lowest BCUT2D eigenvalue weighted by Crippen LogP contribution is -2.47. The molecule has 1 saturated heterocycles. The molecular weight excluding hydrogens is 451 g/mol. The maximum atomic E-state index is 5.74. The second kappa shape index (κ2) is 11.9. The number of hydrogen-bond acceptors (Lipinski definition) is 3. The van der Waals surface area contributed by atoms with Crippen molar-refractivity contribution in [2.24, 2.45) is 4.99 Å². The molecule has 3 rings (SSSR count). The monoisotopic (exact) mass is 486 g/mol. The van der Waals surface area contributed by atoms with Crippen LogP contribution in [0.3, 0.4) is 0 Å². The normalized spacial score (nSPS) is 18.7. The van der Waals surface area contributed by atoms with Gasteiger partial charge in [0.1, 0.15) is 0 Å². The molecule has 2 aliphatic rings. The molecule has 6 heteroatoms. The fourth-order valence-corrected chi connectivity index (χ4v) is 4.05. The molecule has 0 radical (unpaired) electrons. The molecule has 0 atom stereocenters. The Hall–Kier alpha value is -0.860. The SMILES string of the molecule is CCOC1CCN(C(=NC)NCCCN2CCc3ccccc3C2)CC1.I. The lowest BCUT2D eigenvalue weighted by Gasteiger charge is -2.34. The molecule has 0 unspecified atom stereocenters. The molecule has 1 fully saturated rings. The molecule has 27 heavy (non-hydrogen) atoms. The molecular formula is C21H35IN4O. The van der Waals surface area contributed by atoms with Crippen molar-refractivity contribution in [1.82, 2.24) is 15.1 Å². The Morgan fingerprint density at radius 3 is 2.63 bits per heavy atom. The molecule has 5 nitrogen and oxygen atoms in total. The average Bonchev–Trinajstić information content (AvgIpc) is 2.69. The lowest BCUT2D eigenvalue weighted by molar-refractivity contribution is 0.0264. The standard InChI is InChI=1S/C21H34N4O.HI/c1-3-26-20-10-15-25(16-11-20)21(22-2)23-12-6-13-24-14-9-18-7-4-5-8-19(18)17-24;/h4-5,7-8,20H,3,6,9-17H2,1-2H3,(H,22,23);1H. The van der Waals surface area contributed by atoms with Crippen LogP contribution in [0.2, 0.25) is 0 Å². The van der Waals surface area contributed by atoms with E-state index in [0.717, 1.165) is 64.6 Å². The topological polar surface area (TPSA) is 40.1 Å². The fourth-order valence-electron chi connectivity index (χ4n) is 4.05. The quantitative estimate of drug-likeness (QED) is 0.291. The van der Waals surface area contributed by atoms with Crippen LogP contribution < -0.4 is 5.32 Å². The molecule has 2 aliphatic heterocycles. The van der Waals surface area contributed by atoms with Gasteiger partial charge in [0.2, 0.25) is 0 Å². The van der Waals surface area contributed by atoms with Gasteiger partial charge in [-0.2, -0.15) is 0 Å². The molecule has 1 aromatic carbocycles. The van der Waals surface area contributed by atoms with Gasteiger partial charge in [0.15, 0.2) is 5.96 Å². The largest absolute Gasteiger partial charge is 0.378 e. The highest BCUT2D eigenvalue weighted by Gasteiger charge is 2.21. The van der Waals surface area contributed by atoms with Crippen molar-refractivity contribution in [1.29, 1.82) is 0 Å². The maximum absolute atomic E-state index is 5.74. The molecule has 0 saturated carbocycles. The van der Waals surface area contributed by atoms with Gasteiger partial charge in [-0.15, -0.1) is 24.0 Å². The number of guanidine groups is 1. The number of hydrogen-bond donors (Lipinski definition) is 1. The van der Waals surface area contributed by atoms with Crippen molar-refractivity contribution in [3.05, 3.63) is 35.4 Å². The Kier molecular flexibility index (Phi) is 9.86. The highest BCUT2D eigenvalue weighted by molar-refractivity contribution is 14.0. The number of nitrogens with zero attached hydrogens (tertiary/aromatic N) is 3. The van der Waals surface area contributed by atoms with Gasteiger partial charge in [-0.25, -0.2) is 0 Å². The second-order valence-electron chi connectivity index (χ2n) is 7.26. The Labute approximate surface area is 181 Å². The van der Waals surface area contributed by atoms with Crippen LogP contribution in [0.4, 0.5) is 0 Å². The van der Waals surface area contributed by atoms with Gasteiger partial charge in [-0.05, 0) is 43.7 Å². The Morgan fingerprint density at radius 2 is 1.93 bits per heavy atom. The van der Waals surface area contributed by atoms with Crippen molar-refractivity contribution >= 4 is 29.9 Å². The van der Waals surface area contributed by atoms with Crippen LogP contribution in [0.1, 0.15) is 37.3 Å². The number of fused-ring (bicyclic) bond motifs is 1. The number of ether oxygens (including phenoxy) is 1. The van der Waals surface area contributed by atoms with Gasteiger partial charge < -0.3 is 15.0 Å². The molecule has 0 aromatic heterocycles. The zero-order chi connectivity index (χ0) is 18.2. The first-order valence-electron chi connectivity index (χ1n) is 10.2. The van der Waals surface area contributed by atoms with Crippen LogP contribution in [0.25, 0.3) is 0 Å². The minimum Gasteiger partial charge on any atom is -0.378 e. The predicted molar refractivity (Wildman–Crippen MR) is 123 cm³/mol. The Balaban J connectivity index is 0.00000261. The first kappa shape index (κ1) is 22.4. The zero-order valence-electron chi connectivity index (χ0n) is 16.8. The van der Waals surface area contributed by atoms with Gasteiger partial charge in [0.05, 0.1) is 6.10 Å². The van der Waals surface area contributed by atoms with Crippen LogP contribution in [-0.2, 0) is 17.7 Å². The van der Waals surface area contributed by atoms with E-state index in [1.165, 1.54) is 24.1 Å². The van der Waals surface area contributed by atoms with Crippen LogP contribution in [0, 0.1) is 0 Å². The summed E-state index contributed by atoms with van der Waals surface area (Å²) in [5, 5.41) is 3.55. The van der Waals surface area contributed by atoms with E-state index in [1.807, 2.05) is 7.05 Å². The minimum atomic E-state index is 0. The van der Waals surface area contributed by atoms with Crippen LogP contribution in [-0.4, -0.2) is 68.2 Å². The van der Waals surface area contributed by atoms with Crippen molar-refractivity contribution in [2.45, 2.75) is 45.3 Å². The van der Waals surface area contributed by atoms with Crippen molar-refractivity contribution in [3.63, 3.8) is 0 Å². The van der Waals surface area contributed by atoms with Gasteiger partial charge in [-0.3, -0.25) is 9.89 Å². The van der Waals surface area contributed by atoms with Gasteiger partial charge >= 0.3 is 0 Å². The van der Waals surface area contributed by atoms with E-state index >= 15 is 0 Å². The van der Waals surface area contributed by atoms with Gasteiger partial charge in [0, 0.05) is 52.9 Å². The number of benzene rings is 1. The molecule has 1 N–H and O–H groups in total. The highest BCUT2D eigenvalue weighted by atomic mass is 127. The number of halogens is 1. The number of likely N-dealkylation sites (tertiary alicyclic amines) is 1. The summed E-state index contributed by atoms with van der Waals surface area (Å²) in [6, 6.07) is 8.85. The molecule has 2 heterocycles. The molecule has 0 bridgehead atoms. The summed E-state index contributed by atoms with van der Waals surface area (Å²) in [6.07, 6.45) is 4.96. The van der Waals surface area contributed by atoms with E-state index in [1.54, 1.807) is 0 Å². The van der Waals surface area contributed by atoms with Crippen molar-refractivity contribution in [2.75, 3.05) is 46.4 Å². The van der Waals surface area contributed by atoms with E-state index in [-0.39, 0.29) is 24.0 Å². The third-order valence-electron chi connectivity index (χ3n) is 5.50. The van der Waals surface area contributed by atoms with E-state index in [0.29, 0.717) is 6.10 Å². The molecule has 1 aromatic rings. The summed E-state index contributed by atoms with van der Waals surface area (Å²) in [7, 11) is 1.89. The molecule has 0 aliphatic carbocycles. The molecule has 0 spiro atoms. The summed E-state index contributed by atoms with van der Waals surface area (Å²) in [5.74, 6) is 1.05. The number of aliphatic imine (C=N–C) groups is 1. The third-order valence-corrected chi connectivity index (χ3v) is 5.50. The van der Waals surface area contributed by atoms with E-state index < -0.39 is 0 Å². The zero-order valence-corrected chi connectivity index (χ0v) is 19.2. The minimum absolute atomic E-state index is 0. The molecule has 152 valence electrons. The second-order valence-corrected chi connectivity index (χ2v) is 7.26. The average molecular weight is 486 g/mol. The smallest absolute Gasteiger partial charge is 0.193 e. The number of piperidine rings is 1. The van der Waals surface area contributed by atoms with Gasteiger partial charge in [0.25, 0.3) is 0 Å². The summed E-state index contributed by atoms with van der Waals surface area (Å²) < 4.78 is 5.74. The van der Waals surface area contributed by atoms with Crippen LogP contribution >= 0.6 is 24.0 Å². The third kappa shape index (κ3) is 6.61. The van der Waals surface area contributed by atoms with E-state index in [2.05, 4.69) is 51.3 Å². The number of nitrogens with one attached hydrogen (secondary N) is 1. The summed E-state index contributed by atoms with van der Waals surface area (Å²) in [5.41, 5.74) is 3.03. The predicted octanol–water partition coefficient (Wildman–Crippen LogP) is 3.13. The number of rotatable bonds is 6. The van der Waals surface area contributed by atoms with Crippen molar-refractivity contribution < 1.29 is 4.74 Å². The first-order valence-corrected chi connectivity index (χ1v) is 10.2. The van der Waals surface area contributed by atoms with E-state index in [4.69, 9.17) is 4.74 Å². The first-order chi connectivity index (χ1) is 12.8.